The van der Waals surface area contributed by atoms with Crippen molar-refractivity contribution >= 4 is 39.0 Å². The van der Waals surface area contributed by atoms with Crippen molar-refractivity contribution in [1.82, 2.24) is 9.97 Å². The smallest absolute Gasteiger partial charge is 0.298 e. The van der Waals surface area contributed by atoms with E-state index in [1.807, 2.05) is 6.92 Å². The Kier molecular flexibility index (Phi) is 4.81. The molecule has 0 unspecified atom stereocenters. The van der Waals surface area contributed by atoms with Crippen LogP contribution in [0.5, 0.6) is 0 Å². The summed E-state index contributed by atoms with van der Waals surface area (Å²) in [6, 6.07) is 3.09. The standard InChI is InChI=1S/C12H11ClN4O3S/c1-2-3-8-4-7(5-9(13)15-8)11(18)16-12-14-6-10(21-12)17(19)20/h4-6H,2-3H2,1H3,(H,14,16,18). The Bertz CT molecular complexity index is 689. The maximum absolute atomic E-state index is 12.1. The molecule has 2 heterocycles. The zero-order chi connectivity index (χ0) is 15.4. The van der Waals surface area contributed by atoms with Gasteiger partial charge in [-0.25, -0.2) is 9.97 Å². The summed E-state index contributed by atoms with van der Waals surface area (Å²) in [5.41, 5.74) is 1.07. The van der Waals surface area contributed by atoms with Gasteiger partial charge in [-0.2, -0.15) is 0 Å². The molecule has 2 rings (SSSR count). The molecule has 7 nitrogen and oxygen atoms in total. The van der Waals surface area contributed by atoms with E-state index in [1.54, 1.807) is 6.07 Å². The van der Waals surface area contributed by atoms with Gasteiger partial charge in [-0.05, 0) is 29.9 Å². The van der Waals surface area contributed by atoms with Crippen LogP contribution < -0.4 is 5.32 Å². The minimum Gasteiger partial charge on any atom is -0.298 e. The van der Waals surface area contributed by atoms with E-state index in [0.29, 0.717) is 12.0 Å². The predicted molar refractivity (Wildman–Crippen MR) is 80.0 cm³/mol. The van der Waals surface area contributed by atoms with Gasteiger partial charge in [-0.1, -0.05) is 24.9 Å². The number of amides is 1. The molecule has 1 N–H and O–H groups in total. The molecule has 110 valence electrons. The molecule has 0 aliphatic heterocycles. The highest BCUT2D eigenvalue weighted by Crippen LogP contribution is 2.25. The van der Waals surface area contributed by atoms with Crippen LogP contribution in [0, 0.1) is 10.1 Å². The molecule has 0 bridgehead atoms. The molecule has 1 amide bonds. The lowest BCUT2D eigenvalue weighted by Crippen LogP contribution is -2.12. The molecular formula is C12H11ClN4O3S. The molecule has 0 spiro atoms. The topological polar surface area (TPSA) is 98.0 Å². The first-order chi connectivity index (χ1) is 9.99. The molecule has 0 saturated heterocycles. The van der Waals surface area contributed by atoms with Gasteiger partial charge in [0.05, 0.1) is 4.92 Å². The fourth-order valence-electron chi connectivity index (χ4n) is 1.64. The molecule has 2 aromatic rings. The number of rotatable bonds is 5. The van der Waals surface area contributed by atoms with E-state index in [1.165, 1.54) is 6.07 Å². The maximum Gasteiger partial charge on any atom is 0.345 e. The number of pyridine rings is 1. The number of carbonyl (C=O) groups is 1. The lowest BCUT2D eigenvalue weighted by molar-refractivity contribution is -0.380. The van der Waals surface area contributed by atoms with Crippen LogP contribution in [-0.4, -0.2) is 20.8 Å². The molecule has 0 radical (unpaired) electrons. The Morgan fingerprint density at radius 1 is 1.52 bits per heavy atom. The summed E-state index contributed by atoms with van der Waals surface area (Å²) in [5.74, 6) is -0.430. The molecule has 0 fully saturated rings. The monoisotopic (exact) mass is 326 g/mol. The molecule has 0 saturated carbocycles. The molecule has 2 aromatic heterocycles. The van der Waals surface area contributed by atoms with Gasteiger partial charge in [0, 0.05) is 11.3 Å². The summed E-state index contributed by atoms with van der Waals surface area (Å²) in [7, 11) is 0. The van der Waals surface area contributed by atoms with Crippen LogP contribution in [-0.2, 0) is 6.42 Å². The third-order valence-corrected chi connectivity index (χ3v) is 3.57. The van der Waals surface area contributed by atoms with Crippen LogP contribution in [0.4, 0.5) is 10.1 Å². The third kappa shape index (κ3) is 3.96. The summed E-state index contributed by atoms with van der Waals surface area (Å²) in [5, 5.41) is 13.3. The zero-order valence-corrected chi connectivity index (χ0v) is 12.6. The number of halogens is 1. The molecule has 0 aromatic carbocycles. The van der Waals surface area contributed by atoms with Crippen molar-refractivity contribution in [2.45, 2.75) is 19.8 Å². The van der Waals surface area contributed by atoms with Crippen molar-refractivity contribution in [2.75, 3.05) is 5.32 Å². The van der Waals surface area contributed by atoms with Crippen molar-refractivity contribution in [3.8, 4) is 0 Å². The second-order valence-corrected chi connectivity index (χ2v) is 5.53. The quantitative estimate of drug-likeness (QED) is 0.516. The van der Waals surface area contributed by atoms with Crippen LogP contribution >= 0.6 is 22.9 Å². The van der Waals surface area contributed by atoms with E-state index in [0.717, 1.165) is 29.6 Å². The number of carbonyl (C=O) groups excluding carboxylic acids is 1. The Hall–Kier alpha value is -2.06. The number of aryl methyl sites for hydroxylation is 1. The van der Waals surface area contributed by atoms with Gasteiger partial charge in [0.2, 0.25) is 0 Å². The van der Waals surface area contributed by atoms with Crippen molar-refractivity contribution in [2.24, 2.45) is 0 Å². The van der Waals surface area contributed by atoms with E-state index in [-0.39, 0.29) is 15.3 Å². The van der Waals surface area contributed by atoms with Crippen LogP contribution in [0.15, 0.2) is 18.3 Å². The second-order valence-electron chi connectivity index (χ2n) is 4.13. The summed E-state index contributed by atoms with van der Waals surface area (Å²) in [6.07, 6.45) is 2.69. The van der Waals surface area contributed by atoms with Crippen LogP contribution in [0.25, 0.3) is 0 Å². The van der Waals surface area contributed by atoms with Gasteiger partial charge in [0.1, 0.15) is 11.3 Å². The van der Waals surface area contributed by atoms with Crippen LogP contribution in [0.3, 0.4) is 0 Å². The number of thiazole rings is 1. The number of nitrogens with zero attached hydrogens (tertiary/aromatic N) is 3. The average Bonchev–Trinajstić information content (AvgIpc) is 2.87. The second kappa shape index (κ2) is 6.59. The fraction of sp³-hybridized carbons (Fsp3) is 0.250. The molecule has 0 aliphatic carbocycles. The van der Waals surface area contributed by atoms with Crippen molar-refractivity contribution < 1.29 is 9.72 Å². The van der Waals surface area contributed by atoms with Gasteiger partial charge in [0.15, 0.2) is 5.13 Å². The van der Waals surface area contributed by atoms with Crippen molar-refractivity contribution in [3.63, 3.8) is 0 Å². The lowest BCUT2D eigenvalue weighted by atomic mass is 10.1. The van der Waals surface area contributed by atoms with Gasteiger partial charge in [-0.15, -0.1) is 0 Å². The Labute approximate surface area is 129 Å². The van der Waals surface area contributed by atoms with Crippen molar-refractivity contribution in [3.05, 3.63) is 44.9 Å². The number of nitrogens with one attached hydrogen (secondary N) is 1. The van der Waals surface area contributed by atoms with E-state index in [2.05, 4.69) is 15.3 Å². The third-order valence-electron chi connectivity index (χ3n) is 2.51. The van der Waals surface area contributed by atoms with Gasteiger partial charge in [-0.3, -0.25) is 20.2 Å². The highest BCUT2D eigenvalue weighted by atomic mass is 35.5. The summed E-state index contributed by atoms with van der Waals surface area (Å²) >= 11 is 6.68. The van der Waals surface area contributed by atoms with Crippen LogP contribution in [0.1, 0.15) is 29.4 Å². The predicted octanol–water partition coefficient (Wildman–Crippen LogP) is 3.30. The molecule has 21 heavy (non-hydrogen) atoms. The average molecular weight is 327 g/mol. The van der Waals surface area contributed by atoms with Crippen LogP contribution in [0.2, 0.25) is 5.15 Å². The Morgan fingerprint density at radius 3 is 2.90 bits per heavy atom. The van der Waals surface area contributed by atoms with Gasteiger partial charge < -0.3 is 0 Å². The van der Waals surface area contributed by atoms with Gasteiger partial charge >= 0.3 is 5.00 Å². The highest BCUT2D eigenvalue weighted by Gasteiger charge is 2.15. The van der Waals surface area contributed by atoms with E-state index < -0.39 is 10.8 Å². The lowest BCUT2D eigenvalue weighted by Gasteiger charge is -2.05. The number of hydrogen-bond acceptors (Lipinski definition) is 6. The highest BCUT2D eigenvalue weighted by molar-refractivity contribution is 7.18. The number of hydrogen-bond donors (Lipinski definition) is 1. The van der Waals surface area contributed by atoms with Gasteiger partial charge in [0.25, 0.3) is 5.91 Å². The van der Waals surface area contributed by atoms with Crippen molar-refractivity contribution in [1.29, 1.82) is 0 Å². The summed E-state index contributed by atoms with van der Waals surface area (Å²) in [4.78, 5) is 30.0. The molecule has 0 atom stereocenters. The number of nitro groups is 1. The molecule has 9 heteroatoms. The minimum absolute atomic E-state index is 0.135. The normalized spacial score (nSPS) is 10.4. The number of anilines is 1. The SMILES string of the molecule is CCCc1cc(C(=O)Nc2ncc([N+](=O)[O-])s2)cc(Cl)n1. The van der Waals surface area contributed by atoms with E-state index in [9.17, 15) is 14.9 Å². The summed E-state index contributed by atoms with van der Waals surface area (Å²) < 4.78 is 0. The Balaban J connectivity index is 2.17. The maximum atomic E-state index is 12.1. The first kappa shape index (κ1) is 15.3. The largest absolute Gasteiger partial charge is 0.345 e. The number of aromatic nitrogens is 2. The minimum atomic E-state index is -0.560. The zero-order valence-electron chi connectivity index (χ0n) is 11.0. The molecule has 0 aliphatic rings. The fourth-order valence-corrected chi connectivity index (χ4v) is 2.50. The summed E-state index contributed by atoms with van der Waals surface area (Å²) in [6.45, 7) is 2.00. The first-order valence-electron chi connectivity index (χ1n) is 6.07. The van der Waals surface area contributed by atoms with E-state index in [4.69, 9.17) is 11.6 Å². The molecular weight excluding hydrogens is 316 g/mol. The van der Waals surface area contributed by atoms with E-state index >= 15 is 0 Å². The Morgan fingerprint density at radius 2 is 2.29 bits per heavy atom. The first-order valence-corrected chi connectivity index (χ1v) is 7.27.